The third-order valence-electron chi connectivity index (χ3n) is 5.07. The number of benzene rings is 1. The predicted octanol–water partition coefficient (Wildman–Crippen LogP) is 2.79. The van der Waals surface area contributed by atoms with Gasteiger partial charge in [0.25, 0.3) is 0 Å². The van der Waals surface area contributed by atoms with Crippen molar-refractivity contribution >= 4 is 27.3 Å². The van der Waals surface area contributed by atoms with Crippen LogP contribution in [0.25, 0.3) is 0 Å². The van der Waals surface area contributed by atoms with Crippen molar-refractivity contribution in [1.29, 1.82) is 0 Å². The van der Waals surface area contributed by atoms with Crippen LogP contribution in [0.3, 0.4) is 0 Å². The predicted molar refractivity (Wildman–Crippen MR) is 107 cm³/mol. The Hall–Kier alpha value is -2.94. The smallest absolute Gasteiger partial charge is 0.221 e. The maximum absolute atomic E-state index is 12.0. The molecule has 2 heterocycles. The molecule has 2 aromatic heterocycles. The van der Waals surface area contributed by atoms with Crippen molar-refractivity contribution in [2.45, 2.75) is 36.5 Å². The highest BCUT2D eigenvalue weighted by molar-refractivity contribution is 7.90. The molecular formula is C19H22N6O2S. The fraction of sp³-hybridized carbons (Fsp3) is 0.316. The molecule has 0 atom stereocenters. The monoisotopic (exact) mass is 398 g/mol. The summed E-state index contributed by atoms with van der Waals surface area (Å²) in [6, 6.07) is 7.10. The van der Waals surface area contributed by atoms with E-state index in [-0.39, 0.29) is 5.95 Å². The highest BCUT2D eigenvalue weighted by Gasteiger charge is 2.24. The van der Waals surface area contributed by atoms with Crippen LogP contribution in [0.5, 0.6) is 0 Å². The van der Waals surface area contributed by atoms with Crippen LogP contribution in [-0.4, -0.2) is 34.8 Å². The van der Waals surface area contributed by atoms with E-state index in [1.54, 1.807) is 24.5 Å². The van der Waals surface area contributed by atoms with Gasteiger partial charge in [-0.05, 0) is 48.6 Å². The molecule has 4 rings (SSSR count). The summed E-state index contributed by atoms with van der Waals surface area (Å²) in [5.74, 6) is 1.13. The van der Waals surface area contributed by atoms with Gasteiger partial charge in [-0.2, -0.15) is 10.1 Å². The Morgan fingerprint density at radius 3 is 2.75 bits per heavy atom. The lowest BCUT2D eigenvalue weighted by Gasteiger charge is -2.28. The minimum Gasteiger partial charge on any atom is -0.368 e. The van der Waals surface area contributed by atoms with Gasteiger partial charge in [-0.3, -0.25) is 5.10 Å². The van der Waals surface area contributed by atoms with E-state index in [0.29, 0.717) is 23.1 Å². The van der Waals surface area contributed by atoms with Gasteiger partial charge >= 0.3 is 0 Å². The summed E-state index contributed by atoms with van der Waals surface area (Å²) >= 11 is 0. The van der Waals surface area contributed by atoms with Gasteiger partial charge in [0, 0.05) is 42.0 Å². The molecular weight excluding hydrogens is 376 g/mol. The lowest BCUT2D eigenvalue weighted by Crippen LogP contribution is -2.13. The Labute approximate surface area is 163 Å². The molecule has 1 aliphatic carbocycles. The lowest BCUT2D eigenvalue weighted by atomic mass is 9.79. The number of hydrogen-bond donors (Lipinski definition) is 3. The molecule has 28 heavy (non-hydrogen) atoms. The second-order valence-corrected chi connectivity index (χ2v) is 9.15. The maximum atomic E-state index is 12.0. The van der Waals surface area contributed by atoms with Crippen molar-refractivity contribution in [1.82, 2.24) is 20.2 Å². The van der Waals surface area contributed by atoms with Crippen LogP contribution in [0.1, 0.15) is 42.0 Å². The van der Waals surface area contributed by atoms with Gasteiger partial charge in [-0.15, -0.1) is 0 Å². The summed E-state index contributed by atoms with van der Waals surface area (Å²) in [5.41, 5.74) is 9.46. The van der Waals surface area contributed by atoms with E-state index in [0.717, 1.165) is 41.8 Å². The maximum Gasteiger partial charge on any atom is 0.221 e. The van der Waals surface area contributed by atoms with Crippen LogP contribution in [0.15, 0.2) is 41.6 Å². The van der Waals surface area contributed by atoms with Gasteiger partial charge < -0.3 is 11.1 Å². The summed E-state index contributed by atoms with van der Waals surface area (Å²) in [7, 11) is -3.27. The van der Waals surface area contributed by atoms with E-state index in [9.17, 15) is 8.42 Å². The number of rotatable bonds is 6. The Bertz CT molecular complexity index is 1090. The minimum atomic E-state index is -3.27. The SMILES string of the molecule is CS(=O)(=O)c1ccc(Nc2nc(N)ncc2Cc2ccn[nH]2)c(C2CCC2)c1. The third kappa shape index (κ3) is 3.84. The number of sulfone groups is 1. The minimum absolute atomic E-state index is 0.175. The number of aromatic nitrogens is 4. The Morgan fingerprint density at radius 2 is 2.11 bits per heavy atom. The number of aromatic amines is 1. The van der Waals surface area contributed by atoms with E-state index < -0.39 is 9.84 Å². The summed E-state index contributed by atoms with van der Waals surface area (Å²) in [5, 5.41) is 10.3. The number of nitrogen functional groups attached to an aromatic ring is 1. The van der Waals surface area contributed by atoms with E-state index in [1.165, 1.54) is 6.26 Å². The molecule has 3 aromatic rings. The summed E-state index contributed by atoms with van der Waals surface area (Å²) in [4.78, 5) is 8.81. The molecule has 0 aliphatic heterocycles. The lowest BCUT2D eigenvalue weighted by molar-refractivity contribution is 0.420. The van der Waals surface area contributed by atoms with Crippen LogP contribution < -0.4 is 11.1 Å². The molecule has 1 aliphatic rings. The molecule has 0 bridgehead atoms. The Morgan fingerprint density at radius 1 is 1.29 bits per heavy atom. The number of hydrogen-bond acceptors (Lipinski definition) is 7. The highest BCUT2D eigenvalue weighted by atomic mass is 32.2. The van der Waals surface area contributed by atoms with Crippen molar-refractivity contribution in [2.75, 3.05) is 17.3 Å². The average Bonchev–Trinajstić information content (AvgIpc) is 3.09. The summed E-state index contributed by atoms with van der Waals surface area (Å²) in [6.45, 7) is 0. The molecule has 1 fully saturated rings. The number of nitrogens with zero attached hydrogens (tertiary/aromatic N) is 3. The first-order valence-corrected chi connectivity index (χ1v) is 11.0. The van der Waals surface area contributed by atoms with Crippen LogP contribution in [0.4, 0.5) is 17.5 Å². The van der Waals surface area contributed by atoms with E-state index in [1.807, 2.05) is 12.1 Å². The number of nitrogens with two attached hydrogens (primary N) is 1. The standard InChI is InChI=1S/C19H22N6O2S/c1-28(26,27)15-5-6-17(16(10-15)12-3-2-4-12)23-18-13(11-21-19(20)24-18)9-14-7-8-22-25-14/h5-8,10-12H,2-4,9H2,1H3,(H,22,25)(H3,20,21,23,24). The topological polar surface area (TPSA) is 127 Å². The second kappa shape index (κ2) is 7.23. The molecule has 1 aromatic carbocycles. The van der Waals surface area contributed by atoms with Gasteiger partial charge in [0.15, 0.2) is 9.84 Å². The largest absolute Gasteiger partial charge is 0.368 e. The van der Waals surface area contributed by atoms with Gasteiger partial charge in [0.2, 0.25) is 5.95 Å². The van der Waals surface area contributed by atoms with Gasteiger partial charge in [-0.1, -0.05) is 6.42 Å². The highest BCUT2D eigenvalue weighted by Crippen LogP contribution is 2.41. The zero-order valence-corrected chi connectivity index (χ0v) is 16.3. The van der Waals surface area contributed by atoms with Crippen molar-refractivity contribution in [3.63, 3.8) is 0 Å². The summed E-state index contributed by atoms with van der Waals surface area (Å²) in [6.07, 6.45) is 8.44. The van der Waals surface area contributed by atoms with Crippen molar-refractivity contribution < 1.29 is 8.42 Å². The van der Waals surface area contributed by atoms with Crippen LogP contribution in [-0.2, 0) is 16.3 Å². The first-order valence-electron chi connectivity index (χ1n) is 9.11. The molecule has 0 radical (unpaired) electrons. The molecule has 0 spiro atoms. The van der Waals surface area contributed by atoms with Gasteiger partial charge in [0.1, 0.15) is 5.82 Å². The first kappa shape index (κ1) is 18.4. The molecule has 0 saturated heterocycles. The van der Waals surface area contributed by atoms with Gasteiger partial charge in [-0.25, -0.2) is 13.4 Å². The van der Waals surface area contributed by atoms with E-state index >= 15 is 0 Å². The molecule has 0 unspecified atom stereocenters. The zero-order chi connectivity index (χ0) is 19.7. The number of nitrogens with one attached hydrogen (secondary N) is 2. The molecule has 8 nitrogen and oxygen atoms in total. The number of H-pyrrole nitrogens is 1. The van der Waals surface area contributed by atoms with Crippen LogP contribution in [0, 0.1) is 0 Å². The fourth-order valence-corrected chi connectivity index (χ4v) is 3.97. The Balaban J connectivity index is 1.71. The van der Waals surface area contributed by atoms with Gasteiger partial charge in [0.05, 0.1) is 4.90 Å². The fourth-order valence-electron chi connectivity index (χ4n) is 3.32. The molecule has 1 saturated carbocycles. The Kier molecular flexibility index (Phi) is 4.76. The van der Waals surface area contributed by atoms with Crippen molar-refractivity contribution in [2.24, 2.45) is 0 Å². The normalized spacial score (nSPS) is 14.6. The first-order chi connectivity index (χ1) is 13.4. The van der Waals surface area contributed by atoms with Crippen molar-refractivity contribution in [3.8, 4) is 0 Å². The van der Waals surface area contributed by atoms with Crippen molar-refractivity contribution in [3.05, 3.63) is 53.5 Å². The quantitative estimate of drug-likeness (QED) is 0.582. The van der Waals surface area contributed by atoms with Crippen LogP contribution >= 0.6 is 0 Å². The summed E-state index contributed by atoms with van der Waals surface area (Å²) < 4.78 is 24.0. The van der Waals surface area contributed by atoms with E-state index in [4.69, 9.17) is 5.73 Å². The van der Waals surface area contributed by atoms with Crippen LogP contribution in [0.2, 0.25) is 0 Å². The van der Waals surface area contributed by atoms with E-state index in [2.05, 4.69) is 25.5 Å². The molecule has 0 amide bonds. The zero-order valence-electron chi connectivity index (χ0n) is 15.5. The second-order valence-electron chi connectivity index (χ2n) is 7.13. The average molecular weight is 398 g/mol. The molecule has 9 heteroatoms. The molecule has 4 N–H and O–H groups in total. The number of anilines is 3. The molecule has 146 valence electrons. The third-order valence-corrected chi connectivity index (χ3v) is 6.18.